The summed E-state index contributed by atoms with van der Waals surface area (Å²) in [5.74, 6) is 0.941. The second-order valence-electron chi connectivity index (χ2n) is 4.46. The van der Waals surface area contributed by atoms with Gasteiger partial charge in [-0.05, 0) is 19.4 Å². The first-order chi connectivity index (χ1) is 9.65. The molecule has 6 nitrogen and oxygen atoms in total. The van der Waals surface area contributed by atoms with E-state index in [1.54, 1.807) is 29.1 Å². The van der Waals surface area contributed by atoms with E-state index in [9.17, 15) is 4.79 Å². The number of aromatic nitrogens is 3. The number of anilines is 1. The van der Waals surface area contributed by atoms with Gasteiger partial charge in [-0.2, -0.15) is 5.10 Å². The molecule has 1 atom stereocenters. The predicted octanol–water partition coefficient (Wildman–Crippen LogP) is 2.51. The summed E-state index contributed by atoms with van der Waals surface area (Å²) in [7, 11) is 1.53. The van der Waals surface area contributed by atoms with Crippen molar-refractivity contribution in [3.8, 4) is 5.88 Å². The Hall–Kier alpha value is -2.37. The molecule has 1 amide bonds. The molecule has 2 aromatic rings. The van der Waals surface area contributed by atoms with Crippen molar-refractivity contribution in [1.82, 2.24) is 14.8 Å². The van der Waals surface area contributed by atoms with Crippen LogP contribution in [0, 0.1) is 0 Å². The molecule has 0 saturated heterocycles. The van der Waals surface area contributed by atoms with Crippen molar-refractivity contribution in [2.75, 3.05) is 12.4 Å². The highest BCUT2D eigenvalue weighted by Gasteiger charge is 2.12. The third kappa shape index (κ3) is 2.96. The number of nitrogens with zero attached hydrogens (tertiary/aromatic N) is 3. The molecule has 0 aliphatic carbocycles. The Bertz CT molecular complexity index is 577. The van der Waals surface area contributed by atoms with Gasteiger partial charge in [0, 0.05) is 18.3 Å². The molecule has 0 aromatic carbocycles. The number of carbonyl (C=O) groups is 1. The van der Waals surface area contributed by atoms with Gasteiger partial charge in [0.2, 0.25) is 5.88 Å². The van der Waals surface area contributed by atoms with Crippen molar-refractivity contribution in [3.63, 3.8) is 0 Å². The molecule has 0 bridgehead atoms. The van der Waals surface area contributed by atoms with Gasteiger partial charge in [0.15, 0.2) is 0 Å². The average molecular weight is 274 g/mol. The molecule has 0 fully saturated rings. The summed E-state index contributed by atoms with van der Waals surface area (Å²) in [4.78, 5) is 16.2. The number of nitrogens with one attached hydrogen (secondary N) is 1. The van der Waals surface area contributed by atoms with Crippen LogP contribution in [-0.2, 0) is 0 Å². The summed E-state index contributed by atoms with van der Waals surface area (Å²) in [6, 6.07) is 5.34. The normalized spacial score (nSPS) is 11.9. The van der Waals surface area contributed by atoms with Crippen molar-refractivity contribution in [3.05, 3.63) is 36.2 Å². The molecule has 2 aromatic heterocycles. The molecule has 106 valence electrons. The third-order valence-electron chi connectivity index (χ3n) is 3.13. The second-order valence-corrected chi connectivity index (χ2v) is 4.46. The molecule has 1 unspecified atom stereocenters. The van der Waals surface area contributed by atoms with E-state index in [1.807, 2.05) is 0 Å². The van der Waals surface area contributed by atoms with E-state index in [2.05, 4.69) is 29.2 Å². The van der Waals surface area contributed by atoms with Gasteiger partial charge in [-0.25, -0.2) is 9.67 Å². The largest absolute Gasteiger partial charge is 0.481 e. The second kappa shape index (κ2) is 6.18. The predicted molar refractivity (Wildman–Crippen MR) is 76.0 cm³/mol. The maximum Gasteiger partial charge on any atom is 0.258 e. The van der Waals surface area contributed by atoms with Crippen LogP contribution in [0.15, 0.2) is 30.6 Å². The van der Waals surface area contributed by atoms with E-state index in [0.29, 0.717) is 17.3 Å². The fraction of sp³-hybridized carbons (Fsp3) is 0.357. The lowest BCUT2D eigenvalue weighted by molar-refractivity contribution is 0.102. The summed E-state index contributed by atoms with van der Waals surface area (Å²) in [6.45, 7) is 4.13. The standard InChI is InChI=1S/C14H18N4O2/c1-4-10(2)18-12(7-8-16-18)17-14(19)11-5-6-13(20-3)15-9-11/h5-10H,4H2,1-3H3,(H,17,19). The zero-order chi connectivity index (χ0) is 14.5. The van der Waals surface area contributed by atoms with Crippen LogP contribution in [0.2, 0.25) is 0 Å². The zero-order valence-electron chi connectivity index (χ0n) is 11.8. The van der Waals surface area contributed by atoms with Gasteiger partial charge < -0.3 is 10.1 Å². The molecule has 2 rings (SSSR count). The first kappa shape index (κ1) is 14.0. The van der Waals surface area contributed by atoms with Gasteiger partial charge in [0.05, 0.1) is 24.9 Å². The highest BCUT2D eigenvalue weighted by Crippen LogP contribution is 2.17. The number of hydrogen-bond acceptors (Lipinski definition) is 4. The Morgan fingerprint density at radius 2 is 2.25 bits per heavy atom. The molecule has 0 aliphatic heterocycles. The minimum absolute atomic E-state index is 0.217. The van der Waals surface area contributed by atoms with Crippen LogP contribution in [0.3, 0.4) is 0 Å². The van der Waals surface area contributed by atoms with Crippen LogP contribution >= 0.6 is 0 Å². The van der Waals surface area contributed by atoms with E-state index in [1.165, 1.54) is 13.3 Å². The van der Waals surface area contributed by atoms with Crippen molar-refractivity contribution in [2.45, 2.75) is 26.3 Å². The fourth-order valence-electron chi connectivity index (χ4n) is 1.76. The summed E-state index contributed by atoms with van der Waals surface area (Å²) >= 11 is 0. The Morgan fingerprint density at radius 3 is 2.85 bits per heavy atom. The molecule has 0 saturated carbocycles. The van der Waals surface area contributed by atoms with Crippen molar-refractivity contribution in [1.29, 1.82) is 0 Å². The Balaban J connectivity index is 2.13. The molecule has 0 aliphatic rings. The smallest absolute Gasteiger partial charge is 0.258 e. The molecule has 0 radical (unpaired) electrons. The molecule has 0 spiro atoms. The Kier molecular flexibility index (Phi) is 4.34. The van der Waals surface area contributed by atoms with Gasteiger partial charge in [0.25, 0.3) is 5.91 Å². The van der Waals surface area contributed by atoms with Crippen molar-refractivity contribution < 1.29 is 9.53 Å². The monoisotopic (exact) mass is 274 g/mol. The lowest BCUT2D eigenvalue weighted by Crippen LogP contribution is -2.17. The number of ether oxygens (including phenoxy) is 1. The van der Waals surface area contributed by atoms with Crippen LogP contribution in [0.4, 0.5) is 5.82 Å². The number of carbonyl (C=O) groups excluding carboxylic acids is 1. The van der Waals surface area contributed by atoms with Crippen LogP contribution in [0.5, 0.6) is 5.88 Å². The van der Waals surface area contributed by atoms with Gasteiger partial charge in [-0.1, -0.05) is 6.92 Å². The number of amides is 1. The maximum absolute atomic E-state index is 12.1. The van der Waals surface area contributed by atoms with Crippen molar-refractivity contribution >= 4 is 11.7 Å². The zero-order valence-corrected chi connectivity index (χ0v) is 11.8. The average Bonchev–Trinajstić information content (AvgIpc) is 2.94. The van der Waals surface area contributed by atoms with E-state index in [-0.39, 0.29) is 11.9 Å². The van der Waals surface area contributed by atoms with Gasteiger partial charge in [-0.15, -0.1) is 0 Å². The molecule has 1 N–H and O–H groups in total. The lowest BCUT2D eigenvalue weighted by atomic mass is 10.2. The van der Waals surface area contributed by atoms with E-state index in [4.69, 9.17) is 4.74 Å². The highest BCUT2D eigenvalue weighted by molar-refractivity contribution is 6.03. The lowest BCUT2D eigenvalue weighted by Gasteiger charge is -2.14. The molecular weight excluding hydrogens is 256 g/mol. The van der Waals surface area contributed by atoms with Crippen LogP contribution < -0.4 is 10.1 Å². The van der Waals surface area contributed by atoms with Gasteiger partial charge in [0.1, 0.15) is 5.82 Å². The van der Waals surface area contributed by atoms with Crippen LogP contribution in [-0.4, -0.2) is 27.8 Å². The first-order valence-corrected chi connectivity index (χ1v) is 6.50. The van der Waals surface area contributed by atoms with Crippen LogP contribution in [0.25, 0.3) is 0 Å². The molecule has 2 heterocycles. The highest BCUT2D eigenvalue weighted by atomic mass is 16.5. The topological polar surface area (TPSA) is 69.0 Å². The first-order valence-electron chi connectivity index (χ1n) is 6.50. The number of pyridine rings is 1. The van der Waals surface area contributed by atoms with E-state index >= 15 is 0 Å². The van der Waals surface area contributed by atoms with E-state index < -0.39 is 0 Å². The molecule has 6 heteroatoms. The maximum atomic E-state index is 12.1. The molecular formula is C14H18N4O2. The number of hydrogen-bond donors (Lipinski definition) is 1. The van der Waals surface area contributed by atoms with Gasteiger partial charge >= 0.3 is 0 Å². The SMILES string of the molecule is CCC(C)n1nccc1NC(=O)c1ccc(OC)nc1. The number of methoxy groups -OCH3 is 1. The van der Waals surface area contributed by atoms with Crippen molar-refractivity contribution in [2.24, 2.45) is 0 Å². The minimum Gasteiger partial charge on any atom is -0.481 e. The van der Waals surface area contributed by atoms with Gasteiger partial charge in [-0.3, -0.25) is 4.79 Å². The number of rotatable bonds is 5. The summed E-state index contributed by atoms with van der Waals surface area (Å²) in [5.41, 5.74) is 0.475. The summed E-state index contributed by atoms with van der Waals surface area (Å²) < 4.78 is 6.76. The minimum atomic E-state index is -0.217. The molecule has 20 heavy (non-hydrogen) atoms. The Labute approximate surface area is 117 Å². The Morgan fingerprint density at radius 1 is 1.45 bits per heavy atom. The fourth-order valence-corrected chi connectivity index (χ4v) is 1.76. The summed E-state index contributed by atoms with van der Waals surface area (Å²) in [5, 5.41) is 7.07. The quantitative estimate of drug-likeness (QED) is 0.909. The third-order valence-corrected chi connectivity index (χ3v) is 3.13. The van der Waals surface area contributed by atoms with Crippen LogP contribution in [0.1, 0.15) is 36.7 Å². The summed E-state index contributed by atoms with van der Waals surface area (Å²) in [6.07, 6.45) is 4.10. The van der Waals surface area contributed by atoms with E-state index in [0.717, 1.165) is 6.42 Å².